The zero-order valence-corrected chi connectivity index (χ0v) is 13.0. The number of carbonyl (C=O) groups is 1. The van der Waals surface area contributed by atoms with E-state index in [9.17, 15) is 9.59 Å². The summed E-state index contributed by atoms with van der Waals surface area (Å²) in [5.74, 6) is -0.535. The molecule has 2 aromatic heterocycles. The maximum Gasteiger partial charge on any atom is 0.281 e. The van der Waals surface area contributed by atoms with Crippen molar-refractivity contribution >= 4 is 33.3 Å². The Bertz CT molecular complexity index is 913. The number of fused-ring (bicyclic) bond motifs is 1. The number of nitrogens with one attached hydrogen (secondary N) is 1. The van der Waals surface area contributed by atoms with E-state index in [1.54, 1.807) is 16.8 Å². The molecule has 0 radical (unpaired) electrons. The molecule has 3 rings (SSSR count). The number of hydrogen-bond donors (Lipinski definition) is 1. The van der Waals surface area contributed by atoms with Crippen molar-refractivity contribution in [2.45, 2.75) is 20.4 Å². The Hall–Kier alpha value is -2.54. The smallest absolute Gasteiger partial charge is 0.281 e. The summed E-state index contributed by atoms with van der Waals surface area (Å²) in [5.41, 5.74) is 1.05. The lowest BCUT2D eigenvalue weighted by Crippen LogP contribution is -2.27. The highest BCUT2D eigenvalue weighted by Gasteiger charge is 2.18. The number of aryl methyl sites for hydroxylation is 2. The van der Waals surface area contributed by atoms with Gasteiger partial charge in [0.15, 0.2) is 10.8 Å². The van der Waals surface area contributed by atoms with E-state index >= 15 is 0 Å². The highest BCUT2D eigenvalue weighted by molar-refractivity contribution is 7.13. The maximum absolute atomic E-state index is 12.5. The van der Waals surface area contributed by atoms with Gasteiger partial charge in [-0.3, -0.25) is 19.6 Å². The second-order valence-corrected chi connectivity index (χ2v) is 5.62. The Morgan fingerprint density at radius 2 is 2.14 bits per heavy atom. The molecule has 0 atom stereocenters. The number of para-hydroxylation sites is 1. The summed E-state index contributed by atoms with van der Waals surface area (Å²) in [4.78, 5) is 29.0. The third-order valence-electron chi connectivity index (χ3n) is 3.22. The summed E-state index contributed by atoms with van der Waals surface area (Å²) < 4.78 is 1.65. The van der Waals surface area contributed by atoms with Crippen LogP contribution in [0.5, 0.6) is 0 Å². The third kappa shape index (κ3) is 2.50. The quantitative estimate of drug-likeness (QED) is 0.805. The number of thiazole rings is 1. The van der Waals surface area contributed by atoms with Gasteiger partial charge in [-0.25, -0.2) is 4.98 Å². The highest BCUT2D eigenvalue weighted by atomic mass is 32.1. The van der Waals surface area contributed by atoms with Crippen LogP contribution in [-0.2, 0) is 6.54 Å². The van der Waals surface area contributed by atoms with Crippen LogP contribution < -0.4 is 10.7 Å². The minimum absolute atomic E-state index is 0.117. The Morgan fingerprint density at radius 1 is 1.36 bits per heavy atom. The van der Waals surface area contributed by atoms with Crippen LogP contribution in [0.3, 0.4) is 0 Å². The summed E-state index contributed by atoms with van der Waals surface area (Å²) in [6, 6.07) is 7.14. The minimum Gasteiger partial charge on any atom is -0.296 e. The van der Waals surface area contributed by atoms with Gasteiger partial charge in [0, 0.05) is 17.3 Å². The predicted molar refractivity (Wildman–Crippen MR) is 86.5 cm³/mol. The fourth-order valence-corrected chi connectivity index (χ4v) is 2.88. The number of benzene rings is 1. The Morgan fingerprint density at radius 3 is 2.82 bits per heavy atom. The van der Waals surface area contributed by atoms with E-state index in [0.29, 0.717) is 17.1 Å². The Labute approximate surface area is 130 Å². The van der Waals surface area contributed by atoms with Crippen LogP contribution in [0.25, 0.3) is 10.9 Å². The number of anilines is 1. The van der Waals surface area contributed by atoms with Gasteiger partial charge < -0.3 is 0 Å². The van der Waals surface area contributed by atoms with Crippen LogP contribution in [-0.4, -0.2) is 20.7 Å². The van der Waals surface area contributed by atoms with Crippen molar-refractivity contribution in [3.63, 3.8) is 0 Å². The normalized spacial score (nSPS) is 10.8. The highest BCUT2D eigenvalue weighted by Crippen LogP contribution is 2.15. The molecular weight excluding hydrogens is 300 g/mol. The van der Waals surface area contributed by atoms with Gasteiger partial charge >= 0.3 is 0 Å². The maximum atomic E-state index is 12.5. The van der Waals surface area contributed by atoms with E-state index in [-0.39, 0.29) is 11.1 Å². The van der Waals surface area contributed by atoms with Gasteiger partial charge in [0.1, 0.15) is 0 Å². The monoisotopic (exact) mass is 314 g/mol. The first-order valence-electron chi connectivity index (χ1n) is 6.83. The van der Waals surface area contributed by atoms with Crippen molar-refractivity contribution < 1.29 is 4.79 Å². The van der Waals surface area contributed by atoms with Gasteiger partial charge in [0.2, 0.25) is 5.43 Å². The minimum atomic E-state index is -0.535. The molecule has 7 heteroatoms. The van der Waals surface area contributed by atoms with E-state index < -0.39 is 5.91 Å². The first-order chi connectivity index (χ1) is 10.6. The molecule has 3 aromatic rings. The fraction of sp³-hybridized carbons (Fsp3) is 0.200. The van der Waals surface area contributed by atoms with E-state index in [0.717, 1.165) is 11.2 Å². The molecule has 112 valence electrons. The van der Waals surface area contributed by atoms with Crippen molar-refractivity contribution in [3.05, 3.63) is 51.3 Å². The van der Waals surface area contributed by atoms with Crippen LogP contribution in [0.4, 0.5) is 5.13 Å². The largest absolute Gasteiger partial charge is 0.296 e. The van der Waals surface area contributed by atoms with Crippen molar-refractivity contribution in [1.29, 1.82) is 0 Å². The molecule has 0 aliphatic rings. The molecule has 1 aromatic carbocycles. The second kappa shape index (κ2) is 5.69. The summed E-state index contributed by atoms with van der Waals surface area (Å²) in [7, 11) is 0. The fourth-order valence-electron chi connectivity index (χ4n) is 2.20. The standard InChI is InChI=1S/C15H14N4O2S/c1-3-19-11-7-5-4-6-10(11)13(20)12(18-19)14(21)17-15-16-9(2)8-22-15/h4-8H,3H2,1-2H3,(H,16,17,21). The number of amides is 1. The SMILES string of the molecule is CCn1nc(C(=O)Nc2nc(C)cs2)c(=O)c2ccccc21. The Balaban J connectivity index is 2.08. The topological polar surface area (TPSA) is 76.9 Å². The van der Waals surface area contributed by atoms with Gasteiger partial charge in [-0.2, -0.15) is 5.10 Å². The molecule has 0 saturated heterocycles. The lowest BCUT2D eigenvalue weighted by Gasteiger charge is -2.09. The summed E-state index contributed by atoms with van der Waals surface area (Å²) in [6.45, 7) is 4.32. The molecule has 2 heterocycles. The van der Waals surface area contributed by atoms with E-state index in [1.165, 1.54) is 11.3 Å². The zero-order chi connectivity index (χ0) is 15.7. The summed E-state index contributed by atoms with van der Waals surface area (Å²) in [6.07, 6.45) is 0. The second-order valence-electron chi connectivity index (χ2n) is 4.76. The molecule has 1 amide bonds. The van der Waals surface area contributed by atoms with Crippen LogP contribution in [0, 0.1) is 6.92 Å². The molecule has 0 fully saturated rings. The average Bonchev–Trinajstić information content (AvgIpc) is 2.93. The molecule has 0 bridgehead atoms. The number of aromatic nitrogens is 3. The van der Waals surface area contributed by atoms with E-state index in [1.807, 2.05) is 31.4 Å². The van der Waals surface area contributed by atoms with Crippen molar-refractivity contribution in [2.24, 2.45) is 0 Å². The number of hydrogen-bond acceptors (Lipinski definition) is 5. The van der Waals surface area contributed by atoms with Gasteiger partial charge in [-0.1, -0.05) is 12.1 Å². The first kappa shape index (κ1) is 14.4. The molecule has 0 saturated carbocycles. The summed E-state index contributed by atoms with van der Waals surface area (Å²) in [5, 5.41) is 9.59. The van der Waals surface area contributed by atoms with E-state index in [2.05, 4.69) is 15.4 Å². The summed E-state index contributed by atoms with van der Waals surface area (Å²) >= 11 is 1.31. The van der Waals surface area contributed by atoms with Gasteiger partial charge in [-0.05, 0) is 26.0 Å². The number of carbonyl (C=O) groups excluding carboxylic acids is 1. The first-order valence-corrected chi connectivity index (χ1v) is 7.71. The molecule has 22 heavy (non-hydrogen) atoms. The molecule has 0 spiro atoms. The van der Waals surface area contributed by atoms with Crippen molar-refractivity contribution in [2.75, 3.05) is 5.32 Å². The average molecular weight is 314 g/mol. The van der Waals surface area contributed by atoms with Crippen molar-refractivity contribution in [1.82, 2.24) is 14.8 Å². The van der Waals surface area contributed by atoms with E-state index in [4.69, 9.17) is 0 Å². The molecular formula is C15H14N4O2S. The lowest BCUT2D eigenvalue weighted by molar-refractivity contribution is 0.101. The number of nitrogens with zero attached hydrogens (tertiary/aromatic N) is 3. The van der Waals surface area contributed by atoms with Crippen LogP contribution in [0.2, 0.25) is 0 Å². The zero-order valence-electron chi connectivity index (χ0n) is 12.2. The van der Waals surface area contributed by atoms with Crippen LogP contribution in [0.1, 0.15) is 23.1 Å². The number of rotatable bonds is 3. The van der Waals surface area contributed by atoms with Crippen LogP contribution >= 0.6 is 11.3 Å². The molecule has 0 unspecified atom stereocenters. The third-order valence-corrected chi connectivity index (χ3v) is 4.09. The lowest BCUT2D eigenvalue weighted by atomic mass is 10.2. The molecule has 0 aliphatic carbocycles. The van der Waals surface area contributed by atoms with Crippen molar-refractivity contribution in [3.8, 4) is 0 Å². The molecule has 1 N–H and O–H groups in total. The predicted octanol–water partition coefficient (Wildman–Crippen LogP) is 2.43. The van der Waals surface area contributed by atoms with Gasteiger partial charge in [0.05, 0.1) is 11.2 Å². The van der Waals surface area contributed by atoms with Gasteiger partial charge in [0.25, 0.3) is 5.91 Å². The van der Waals surface area contributed by atoms with Crippen LogP contribution in [0.15, 0.2) is 34.4 Å². The molecule has 6 nitrogen and oxygen atoms in total. The van der Waals surface area contributed by atoms with Gasteiger partial charge in [-0.15, -0.1) is 11.3 Å². The Kier molecular flexibility index (Phi) is 3.72. The molecule has 0 aliphatic heterocycles.